The number of nitrogens with two attached hydrogens (primary N) is 1. The molecule has 0 spiro atoms. The summed E-state index contributed by atoms with van der Waals surface area (Å²) < 4.78 is 16.9. The number of fused-ring (bicyclic) bond motifs is 3. The van der Waals surface area contributed by atoms with Crippen LogP contribution in [-0.2, 0) is 6.54 Å². The molecule has 5 N–H and O–H groups in total. The first kappa shape index (κ1) is 24.3. The molecule has 3 heterocycles. The highest BCUT2D eigenvalue weighted by molar-refractivity contribution is 5.84. The maximum absolute atomic E-state index is 14.6. The minimum atomic E-state index is -0.972. The largest absolute Gasteiger partial charge is 0.378 e. The second kappa shape index (κ2) is 10.0. The number of nitrogens with one attached hydrogen (secondary N) is 2. The Balaban J connectivity index is 1.13. The number of rotatable bonds is 8. The van der Waals surface area contributed by atoms with Crippen molar-refractivity contribution in [1.29, 1.82) is 0 Å². The Bertz CT molecular complexity index is 1280. The predicted octanol–water partition coefficient (Wildman–Crippen LogP) is 2.44. The van der Waals surface area contributed by atoms with E-state index in [1.165, 1.54) is 11.7 Å². The van der Waals surface area contributed by atoms with Gasteiger partial charge in [-0.05, 0) is 49.6 Å². The van der Waals surface area contributed by atoms with Crippen LogP contribution < -0.4 is 16.4 Å². The minimum absolute atomic E-state index is 0.116. The van der Waals surface area contributed by atoms with Crippen molar-refractivity contribution in [2.75, 3.05) is 50.4 Å². The third-order valence-electron chi connectivity index (χ3n) is 8.24. The van der Waals surface area contributed by atoms with Gasteiger partial charge < -0.3 is 30.9 Å². The maximum Gasteiger partial charge on any atom is 0.229 e. The molecule has 3 aromatic rings. The summed E-state index contributed by atoms with van der Waals surface area (Å²) in [4.78, 5) is 13.4. The van der Waals surface area contributed by atoms with Gasteiger partial charge in [0.2, 0.25) is 5.95 Å². The Labute approximate surface area is 216 Å². The van der Waals surface area contributed by atoms with E-state index in [0.717, 1.165) is 56.8 Å². The molecule has 2 aliphatic carbocycles. The zero-order chi connectivity index (χ0) is 25.5. The summed E-state index contributed by atoms with van der Waals surface area (Å²) in [6.07, 6.45) is 7.45. The smallest absolute Gasteiger partial charge is 0.229 e. The van der Waals surface area contributed by atoms with Gasteiger partial charge in [0.05, 0.1) is 6.20 Å². The molecule has 37 heavy (non-hydrogen) atoms. The lowest BCUT2D eigenvalue weighted by Crippen LogP contribution is -2.45. The molecule has 0 radical (unpaired) electrons. The number of nitrogens with zero attached hydrogens (tertiary/aromatic N) is 5. The van der Waals surface area contributed by atoms with Crippen molar-refractivity contribution in [3.63, 3.8) is 0 Å². The van der Waals surface area contributed by atoms with E-state index in [9.17, 15) is 9.50 Å². The first-order valence-corrected chi connectivity index (χ1v) is 13.1. The Morgan fingerprint density at radius 3 is 2.76 bits per heavy atom. The van der Waals surface area contributed by atoms with Gasteiger partial charge in [0.15, 0.2) is 11.6 Å². The van der Waals surface area contributed by atoms with E-state index >= 15 is 0 Å². The molecule has 2 fully saturated rings. The van der Waals surface area contributed by atoms with E-state index in [-0.39, 0.29) is 29.6 Å². The average molecular weight is 507 g/mol. The fraction of sp³-hybridized carbons (Fsp3) is 0.481. The number of hydrogen-bond donors (Lipinski definition) is 4. The van der Waals surface area contributed by atoms with Crippen LogP contribution in [0.1, 0.15) is 6.42 Å². The SMILES string of the molecule is CN1CCN(CCn2ccc3cc(Nc4ncc(F)c(NC5C6C=CC(C6)C5C(N)O)n4)ccc32)CC1. The first-order valence-electron chi connectivity index (χ1n) is 13.1. The summed E-state index contributed by atoms with van der Waals surface area (Å²) in [7, 11) is 2.18. The van der Waals surface area contributed by atoms with Gasteiger partial charge in [0, 0.05) is 74.0 Å². The first-order chi connectivity index (χ1) is 17.9. The summed E-state index contributed by atoms with van der Waals surface area (Å²) >= 11 is 0. The summed E-state index contributed by atoms with van der Waals surface area (Å²) in [5.41, 5.74) is 7.86. The topological polar surface area (TPSA) is 108 Å². The van der Waals surface area contributed by atoms with Crippen LogP contribution in [0.15, 0.2) is 48.8 Å². The number of anilines is 3. The molecule has 5 unspecified atom stereocenters. The van der Waals surface area contributed by atoms with E-state index in [4.69, 9.17) is 5.73 Å². The summed E-state index contributed by atoms with van der Waals surface area (Å²) in [5, 5.41) is 17.6. The van der Waals surface area contributed by atoms with Gasteiger partial charge in [-0.15, -0.1) is 0 Å². The van der Waals surface area contributed by atoms with Gasteiger partial charge in [-0.1, -0.05) is 12.2 Å². The number of aliphatic hydroxyl groups is 1. The van der Waals surface area contributed by atoms with Crippen molar-refractivity contribution in [3.05, 3.63) is 54.6 Å². The van der Waals surface area contributed by atoms with Crippen molar-refractivity contribution in [3.8, 4) is 0 Å². The molecule has 2 aromatic heterocycles. The van der Waals surface area contributed by atoms with Gasteiger partial charge in [0.1, 0.15) is 6.23 Å². The molecular weight excluding hydrogens is 471 g/mol. The molecule has 10 heteroatoms. The molecule has 9 nitrogen and oxygen atoms in total. The Morgan fingerprint density at radius 2 is 1.95 bits per heavy atom. The molecular formula is C27H35FN8O. The lowest BCUT2D eigenvalue weighted by atomic mass is 9.87. The molecule has 1 saturated carbocycles. The number of aromatic nitrogens is 3. The molecule has 3 aliphatic rings. The van der Waals surface area contributed by atoms with Crippen molar-refractivity contribution in [2.24, 2.45) is 23.5 Å². The summed E-state index contributed by atoms with van der Waals surface area (Å²) in [6, 6.07) is 8.09. The molecule has 1 aliphatic heterocycles. The van der Waals surface area contributed by atoms with Crippen LogP contribution in [0.2, 0.25) is 0 Å². The quantitative estimate of drug-likeness (QED) is 0.273. The van der Waals surface area contributed by atoms with Gasteiger partial charge in [-0.2, -0.15) is 4.98 Å². The van der Waals surface area contributed by atoms with Gasteiger partial charge in [-0.25, -0.2) is 9.37 Å². The molecule has 2 bridgehead atoms. The molecule has 5 atom stereocenters. The van der Waals surface area contributed by atoms with E-state index < -0.39 is 12.0 Å². The molecule has 196 valence electrons. The standard InChI is InChI=1S/C27H35FN8O/c1-34-8-10-35(11-9-34)12-13-36-7-6-17-15-20(4-5-22(17)36)31-27-30-16-21(28)26(33-27)32-24-19-3-2-18(14-19)23(24)25(29)37/h2-7,15-16,18-19,23-25,37H,8-14,29H2,1H3,(H2,30,31,32,33). The molecule has 0 amide bonds. The van der Waals surface area contributed by atoms with Crippen LogP contribution in [0, 0.1) is 23.6 Å². The second-order valence-electron chi connectivity index (χ2n) is 10.6. The van der Waals surface area contributed by atoms with Crippen LogP contribution in [0.4, 0.5) is 21.8 Å². The van der Waals surface area contributed by atoms with Crippen molar-refractivity contribution < 1.29 is 9.50 Å². The van der Waals surface area contributed by atoms with Crippen LogP contribution in [0.3, 0.4) is 0 Å². The summed E-state index contributed by atoms with van der Waals surface area (Å²) in [5.74, 6) is 0.109. The normalized spacial score (nSPS) is 26.7. The molecule has 1 aromatic carbocycles. The third kappa shape index (κ3) is 4.94. The highest BCUT2D eigenvalue weighted by Crippen LogP contribution is 2.45. The number of halogens is 1. The number of aliphatic hydroxyl groups excluding tert-OH is 1. The second-order valence-corrected chi connectivity index (χ2v) is 10.6. The van der Waals surface area contributed by atoms with E-state index in [0.29, 0.717) is 5.95 Å². The fourth-order valence-electron chi connectivity index (χ4n) is 6.14. The van der Waals surface area contributed by atoms with Crippen molar-refractivity contribution >= 4 is 28.4 Å². The lowest BCUT2D eigenvalue weighted by Gasteiger charge is -2.32. The zero-order valence-electron chi connectivity index (χ0n) is 21.1. The molecule has 1 saturated heterocycles. The third-order valence-corrected chi connectivity index (χ3v) is 8.24. The summed E-state index contributed by atoms with van der Waals surface area (Å²) in [6.45, 7) is 6.47. The number of allylic oxidation sites excluding steroid dienone is 1. The maximum atomic E-state index is 14.6. The number of likely N-dealkylation sites (N-methyl/N-ethyl adjacent to an activating group) is 1. The highest BCUT2D eigenvalue weighted by Gasteiger charge is 2.47. The monoisotopic (exact) mass is 506 g/mol. The van der Waals surface area contributed by atoms with Crippen molar-refractivity contribution in [2.45, 2.75) is 25.2 Å². The predicted molar refractivity (Wildman–Crippen MR) is 143 cm³/mol. The number of hydrogen-bond acceptors (Lipinski definition) is 8. The van der Waals surface area contributed by atoms with E-state index in [2.05, 4.69) is 78.6 Å². The van der Waals surface area contributed by atoms with Crippen LogP contribution in [-0.4, -0.2) is 81.5 Å². The fourth-order valence-corrected chi connectivity index (χ4v) is 6.14. The number of benzene rings is 1. The van der Waals surface area contributed by atoms with Crippen LogP contribution in [0.5, 0.6) is 0 Å². The van der Waals surface area contributed by atoms with Gasteiger partial charge in [-0.3, -0.25) is 4.90 Å². The molecule has 6 rings (SSSR count). The Kier molecular flexibility index (Phi) is 6.58. The van der Waals surface area contributed by atoms with Crippen LogP contribution in [0.25, 0.3) is 10.9 Å². The zero-order valence-corrected chi connectivity index (χ0v) is 21.1. The Morgan fingerprint density at radius 1 is 1.14 bits per heavy atom. The Hall–Kier alpha value is -3.05. The van der Waals surface area contributed by atoms with Crippen molar-refractivity contribution in [1.82, 2.24) is 24.3 Å². The van der Waals surface area contributed by atoms with Gasteiger partial charge in [0.25, 0.3) is 0 Å². The van der Waals surface area contributed by atoms with Gasteiger partial charge >= 0.3 is 0 Å². The average Bonchev–Trinajstić information content (AvgIpc) is 3.60. The minimum Gasteiger partial charge on any atom is -0.378 e. The van der Waals surface area contributed by atoms with E-state index in [1.807, 2.05) is 6.07 Å². The van der Waals surface area contributed by atoms with Crippen LogP contribution >= 0.6 is 0 Å². The lowest BCUT2D eigenvalue weighted by molar-refractivity contribution is 0.0934. The highest BCUT2D eigenvalue weighted by atomic mass is 19.1. The van der Waals surface area contributed by atoms with E-state index in [1.54, 1.807) is 0 Å². The number of piperazine rings is 1.